The Morgan fingerprint density at radius 3 is 1.97 bits per heavy atom. The molecule has 2 rings (SSSR count). The normalized spacial score (nSPS) is 12.5. The van der Waals surface area contributed by atoms with Gasteiger partial charge >= 0.3 is 12.4 Å². The number of halogens is 6. The molecule has 0 bridgehead atoms. The average Bonchev–Trinajstić information content (AvgIpc) is 2.59. The number of hydrogen-bond acceptors (Lipinski definition) is 4. The third kappa shape index (κ3) is 7.37. The molecule has 0 atom stereocenters. The first-order valence-corrected chi connectivity index (χ1v) is 9.36. The number of anilines is 1. The van der Waals surface area contributed by atoms with Gasteiger partial charge in [0, 0.05) is 11.8 Å². The minimum absolute atomic E-state index is 0.0963. The number of aryl methyl sites for hydroxylation is 1. The number of ether oxygens (including phenoxy) is 2. The van der Waals surface area contributed by atoms with Gasteiger partial charge in [-0.15, -0.1) is 0 Å². The molecular formula is C17H15F6NO4S. The van der Waals surface area contributed by atoms with E-state index in [1.807, 2.05) is 0 Å². The molecule has 0 saturated carbocycles. The van der Waals surface area contributed by atoms with Crippen LogP contribution in [0.4, 0.5) is 32.0 Å². The fourth-order valence-corrected chi connectivity index (χ4v) is 3.28. The van der Waals surface area contributed by atoms with Crippen LogP contribution in [-0.4, -0.2) is 34.0 Å². The maximum absolute atomic E-state index is 12.6. The summed E-state index contributed by atoms with van der Waals surface area (Å²) < 4.78 is 111. The molecule has 0 aliphatic carbocycles. The van der Waals surface area contributed by atoms with Crippen LogP contribution in [0.3, 0.4) is 0 Å². The summed E-state index contributed by atoms with van der Waals surface area (Å²) in [6.07, 6.45) is -9.44. The predicted octanol–water partition coefficient (Wildman–Crippen LogP) is 4.68. The van der Waals surface area contributed by atoms with Crippen molar-refractivity contribution in [2.45, 2.75) is 24.2 Å². The van der Waals surface area contributed by atoms with Crippen LogP contribution in [0.2, 0.25) is 0 Å². The summed E-state index contributed by atoms with van der Waals surface area (Å²) in [5, 5.41) is 0. The number of alkyl halides is 6. The highest BCUT2D eigenvalue weighted by Gasteiger charge is 2.31. The zero-order valence-corrected chi connectivity index (χ0v) is 15.6. The lowest BCUT2D eigenvalue weighted by Crippen LogP contribution is -2.22. The van der Waals surface area contributed by atoms with E-state index in [-0.39, 0.29) is 5.69 Å². The molecule has 0 amide bonds. The molecule has 0 aliphatic heterocycles. The van der Waals surface area contributed by atoms with Gasteiger partial charge in [0.05, 0.1) is 0 Å². The van der Waals surface area contributed by atoms with Gasteiger partial charge in [0.1, 0.15) is 16.4 Å². The van der Waals surface area contributed by atoms with Gasteiger partial charge in [0.2, 0.25) is 0 Å². The zero-order valence-electron chi connectivity index (χ0n) is 14.8. The summed E-state index contributed by atoms with van der Waals surface area (Å²) in [5.41, 5.74) is 0.920. The van der Waals surface area contributed by atoms with Crippen molar-refractivity contribution in [3.8, 4) is 11.5 Å². The van der Waals surface area contributed by atoms with Gasteiger partial charge in [0.25, 0.3) is 10.0 Å². The van der Waals surface area contributed by atoms with Crippen LogP contribution in [-0.2, 0) is 10.0 Å². The van der Waals surface area contributed by atoms with Crippen LogP contribution >= 0.6 is 0 Å². The molecule has 0 radical (unpaired) electrons. The molecule has 5 nitrogen and oxygen atoms in total. The van der Waals surface area contributed by atoms with Crippen molar-refractivity contribution in [1.82, 2.24) is 0 Å². The lowest BCUT2D eigenvalue weighted by molar-refractivity contribution is -0.154. The van der Waals surface area contributed by atoms with Crippen LogP contribution in [0.25, 0.3) is 0 Å². The van der Waals surface area contributed by atoms with Crippen LogP contribution in [0, 0.1) is 6.92 Å². The van der Waals surface area contributed by atoms with Crippen LogP contribution in [0.5, 0.6) is 11.5 Å². The Kier molecular flexibility index (Phi) is 6.56. The fourth-order valence-electron chi connectivity index (χ4n) is 2.06. The number of sulfonamides is 1. The molecule has 2 aromatic carbocycles. The summed E-state index contributed by atoms with van der Waals surface area (Å²) >= 11 is 0. The van der Waals surface area contributed by atoms with Crippen molar-refractivity contribution in [3.63, 3.8) is 0 Å². The summed E-state index contributed by atoms with van der Waals surface area (Å²) in [5.74, 6) is -1.20. The topological polar surface area (TPSA) is 64.6 Å². The van der Waals surface area contributed by atoms with Crippen molar-refractivity contribution < 1.29 is 44.2 Å². The molecule has 0 unspecified atom stereocenters. The second-order valence-corrected chi connectivity index (χ2v) is 7.54. The minimum Gasteiger partial charge on any atom is -0.484 e. The molecule has 29 heavy (non-hydrogen) atoms. The maximum Gasteiger partial charge on any atom is 0.422 e. The molecule has 2 aromatic rings. The van der Waals surface area contributed by atoms with E-state index in [0.717, 1.165) is 17.7 Å². The Morgan fingerprint density at radius 1 is 0.862 bits per heavy atom. The van der Waals surface area contributed by atoms with E-state index in [2.05, 4.69) is 14.2 Å². The molecule has 1 N–H and O–H groups in total. The number of benzene rings is 2. The highest BCUT2D eigenvalue weighted by atomic mass is 32.2. The van der Waals surface area contributed by atoms with Gasteiger partial charge in [-0.3, -0.25) is 4.72 Å². The predicted molar refractivity (Wildman–Crippen MR) is 91.5 cm³/mol. The summed E-state index contributed by atoms with van der Waals surface area (Å²) in [4.78, 5) is -0.804. The fraction of sp³-hybridized carbons (Fsp3) is 0.294. The number of rotatable bonds is 7. The van der Waals surface area contributed by atoms with Gasteiger partial charge in [0.15, 0.2) is 13.2 Å². The smallest absolute Gasteiger partial charge is 0.422 e. The van der Waals surface area contributed by atoms with Crippen molar-refractivity contribution in [2.75, 3.05) is 17.9 Å². The molecule has 0 saturated heterocycles. The van der Waals surface area contributed by atoms with E-state index in [1.54, 1.807) is 19.1 Å². The second kappa shape index (κ2) is 8.39. The molecule has 0 aliphatic rings. The number of hydrogen-bond donors (Lipinski definition) is 1. The monoisotopic (exact) mass is 443 g/mol. The minimum atomic E-state index is -4.75. The van der Waals surface area contributed by atoms with Crippen molar-refractivity contribution in [1.29, 1.82) is 0 Å². The van der Waals surface area contributed by atoms with E-state index in [4.69, 9.17) is 0 Å². The van der Waals surface area contributed by atoms with Gasteiger partial charge in [-0.05, 0) is 31.2 Å². The molecule has 0 spiro atoms. The SMILES string of the molecule is Cc1ccc(NS(=O)(=O)c2cc(OCC(F)(F)F)ccc2OCC(F)(F)F)cc1. The van der Waals surface area contributed by atoms with Crippen LogP contribution < -0.4 is 14.2 Å². The molecule has 12 heteroatoms. The number of nitrogens with one attached hydrogen (secondary N) is 1. The van der Waals surface area contributed by atoms with Crippen LogP contribution in [0.1, 0.15) is 5.56 Å². The Labute approximate surface area is 162 Å². The second-order valence-electron chi connectivity index (χ2n) is 5.89. The van der Waals surface area contributed by atoms with Crippen molar-refractivity contribution >= 4 is 15.7 Å². The molecule has 0 heterocycles. The first kappa shape index (κ1) is 22.7. The Bertz CT molecular complexity index is 940. The first-order valence-electron chi connectivity index (χ1n) is 7.88. The van der Waals surface area contributed by atoms with Crippen LogP contribution in [0.15, 0.2) is 47.4 Å². The van der Waals surface area contributed by atoms with E-state index in [0.29, 0.717) is 6.07 Å². The maximum atomic E-state index is 12.6. The molecule has 160 valence electrons. The Morgan fingerprint density at radius 2 is 1.41 bits per heavy atom. The van der Waals surface area contributed by atoms with Gasteiger partial charge in [-0.25, -0.2) is 8.42 Å². The van der Waals surface area contributed by atoms with Crippen molar-refractivity contribution in [3.05, 3.63) is 48.0 Å². The highest BCUT2D eigenvalue weighted by Crippen LogP contribution is 2.32. The summed E-state index contributed by atoms with van der Waals surface area (Å²) in [6, 6.07) is 8.32. The van der Waals surface area contributed by atoms with E-state index in [1.165, 1.54) is 12.1 Å². The van der Waals surface area contributed by atoms with Gasteiger partial charge in [-0.1, -0.05) is 17.7 Å². The summed E-state index contributed by atoms with van der Waals surface area (Å²) in [7, 11) is -4.50. The summed E-state index contributed by atoms with van der Waals surface area (Å²) in [6.45, 7) is -1.74. The van der Waals surface area contributed by atoms with E-state index >= 15 is 0 Å². The highest BCUT2D eigenvalue weighted by molar-refractivity contribution is 7.92. The molecular weight excluding hydrogens is 428 g/mol. The average molecular weight is 443 g/mol. The third-order valence-corrected chi connectivity index (χ3v) is 4.70. The largest absolute Gasteiger partial charge is 0.484 e. The van der Waals surface area contributed by atoms with Crippen molar-refractivity contribution in [2.24, 2.45) is 0 Å². The van der Waals surface area contributed by atoms with E-state index < -0.39 is 52.0 Å². The lowest BCUT2D eigenvalue weighted by Gasteiger charge is -2.16. The van der Waals surface area contributed by atoms with Gasteiger partial charge in [-0.2, -0.15) is 26.3 Å². The Hall–Kier alpha value is -2.63. The zero-order chi connectivity index (χ0) is 21.9. The van der Waals surface area contributed by atoms with E-state index in [9.17, 15) is 34.8 Å². The lowest BCUT2D eigenvalue weighted by atomic mass is 10.2. The third-order valence-electron chi connectivity index (χ3n) is 3.30. The molecule has 0 aromatic heterocycles. The first-order chi connectivity index (χ1) is 13.3. The Balaban J connectivity index is 2.38. The van der Waals surface area contributed by atoms with Gasteiger partial charge < -0.3 is 9.47 Å². The quantitative estimate of drug-likeness (QED) is 0.632. The molecule has 0 fully saturated rings. The standard InChI is InChI=1S/C17H15F6NO4S/c1-11-2-4-12(5-3-11)24-29(25,26)15-8-13(27-9-16(18,19)20)6-7-14(15)28-10-17(21,22)23/h2-8,24H,9-10H2,1H3.